The molecule has 2 aliphatic heterocycles. The molecule has 27 heavy (non-hydrogen) atoms. The summed E-state index contributed by atoms with van der Waals surface area (Å²) in [5.41, 5.74) is 1.29. The topological polar surface area (TPSA) is 77.3 Å². The number of aliphatic imine (C=N–C) groups is 2. The number of rotatable bonds is 7. The highest BCUT2D eigenvalue weighted by atomic mass is 16.5. The number of ether oxygens (including phenoxy) is 2. The Kier molecular flexibility index (Phi) is 4.48. The maximum absolute atomic E-state index is 12.5. The average molecular weight is 364 g/mol. The SMILES string of the molecule is CCCCCCC(=O)C1=Nc2ccc3c4c(ccc(c24)O1)N=C(C(C)=O)O3. The zero-order valence-electron chi connectivity index (χ0n) is 15.4. The van der Waals surface area contributed by atoms with E-state index in [1.807, 2.05) is 0 Å². The molecule has 0 aromatic heterocycles. The van der Waals surface area contributed by atoms with Gasteiger partial charge in [-0.1, -0.05) is 26.2 Å². The van der Waals surface area contributed by atoms with Crippen LogP contribution in [0.25, 0.3) is 10.8 Å². The molecule has 0 unspecified atom stereocenters. The summed E-state index contributed by atoms with van der Waals surface area (Å²) in [5.74, 6) is 0.972. The van der Waals surface area contributed by atoms with Crippen molar-refractivity contribution in [3.63, 3.8) is 0 Å². The molecule has 6 nitrogen and oxygen atoms in total. The van der Waals surface area contributed by atoms with Crippen molar-refractivity contribution in [2.75, 3.05) is 0 Å². The molecule has 0 fully saturated rings. The lowest BCUT2D eigenvalue weighted by molar-refractivity contribution is -0.114. The highest BCUT2D eigenvalue weighted by Gasteiger charge is 2.27. The van der Waals surface area contributed by atoms with Crippen LogP contribution in [0.3, 0.4) is 0 Å². The summed E-state index contributed by atoms with van der Waals surface area (Å²) in [6.07, 6.45) is 4.55. The molecule has 0 amide bonds. The Hall–Kier alpha value is -3.02. The zero-order valence-corrected chi connectivity index (χ0v) is 15.4. The minimum atomic E-state index is -0.237. The van der Waals surface area contributed by atoms with Crippen LogP contribution in [-0.2, 0) is 9.59 Å². The van der Waals surface area contributed by atoms with Crippen LogP contribution in [0.1, 0.15) is 46.0 Å². The number of nitrogens with zero attached hydrogens (tertiary/aromatic N) is 2. The second-order valence-electron chi connectivity index (χ2n) is 6.74. The molecule has 138 valence electrons. The summed E-state index contributed by atoms with van der Waals surface area (Å²) in [6, 6.07) is 7.06. The fourth-order valence-corrected chi connectivity index (χ4v) is 3.32. The van der Waals surface area contributed by atoms with Gasteiger partial charge < -0.3 is 9.47 Å². The van der Waals surface area contributed by atoms with E-state index in [4.69, 9.17) is 9.47 Å². The molecule has 6 heteroatoms. The smallest absolute Gasteiger partial charge is 0.264 e. The van der Waals surface area contributed by atoms with Crippen molar-refractivity contribution in [3.8, 4) is 11.5 Å². The third kappa shape index (κ3) is 3.12. The molecule has 2 aromatic carbocycles. The molecular weight excluding hydrogens is 344 g/mol. The number of Topliss-reactive ketones (excluding diaryl/α,β-unsaturated/α-hetero) is 2. The Morgan fingerprint density at radius 1 is 0.852 bits per heavy atom. The first-order valence-corrected chi connectivity index (χ1v) is 9.25. The highest BCUT2D eigenvalue weighted by Crippen LogP contribution is 2.47. The Morgan fingerprint density at radius 2 is 1.44 bits per heavy atom. The number of hydrogen-bond acceptors (Lipinski definition) is 6. The first-order valence-electron chi connectivity index (χ1n) is 9.25. The Labute approximate surface area is 156 Å². The van der Waals surface area contributed by atoms with Gasteiger partial charge in [0.15, 0.2) is 0 Å². The van der Waals surface area contributed by atoms with Crippen LogP contribution in [0, 0.1) is 0 Å². The molecule has 0 saturated carbocycles. The third-order valence-electron chi connectivity index (χ3n) is 4.69. The maximum atomic E-state index is 12.5. The quantitative estimate of drug-likeness (QED) is 0.660. The van der Waals surface area contributed by atoms with E-state index < -0.39 is 0 Å². The molecular formula is C21H20N2O4. The fourth-order valence-electron chi connectivity index (χ4n) is 3.32. The van der Waals surface area contributed by atoms with Crippen LogP contribution in [0.2, 0.25) is 0 Å². The summed E-state index contributed by atoms with van der Waals surface area (Å²) in [7, 11) is 0. The van der Waals surface area contributed by atoms with Crippen molar-refractivity contribution in [1.82, 2.24) is 0 Å². The van der Waals surface area contributed by atoms with Crippen LogP contribution < -0.4 is 9.47 Å². The monoisotopic (exact) mass is 364 g/mol. The van der Waals surface area contributed by atoms with Gasteiger partial charge in [-0.05, 0) is 30.7 Å². The molecule has 4 rings (SSSR count). The van der Waals surface area contributed by atoms with Crippen LogP contribution in [0.4, 0.5) is 11.4 Å². The summed E-state index contributed by atoms with van der Waals surface area (Å²) in [6.45, 7) is 3.55. The number of ketones is 2. The lowest BCUT2D eigenvalue weighted by atomic mass is 10.0. The van der Waals surface area contributed by atoms with Crippen molar-refractivity contribution in [1.29, 1.82) is 0 Å². The van der Waals surface area contributed by atoms with Gasteiger partial charge in [0.05, 0.1) is 22.1 Å². The molecule has 0 N–H and O–H groups in total. The predicted octanol–water partition coefficient (Wildman–Crippen LogP) is 4.81. The van der Waals surface area contributed by atoms with Crippen molar-refractivity contribution < 1.29 is 19.1 Å². The van der Waals surface area contributed by atoms with Crippen molar-refractivity contribution in [2.45, 2.75) is 46.0 Å². The van der Waals surface area contributed by atoms with Crippen LogP contribution in [0.5, 0.6) is 11.5 Å². The number of hydrogen-bond donors (Lipinski definition) is 0. The molecule has 2 aromatic rings. The Balaban J connectivity index is 1.70. The predicted molar refractivity (Wildman–Crippen MR) is 104 cm³/mol. The van der Waals surface area contributed by atoms with E-state index in [1.165, 1.54) is 6.92 Å². The second-order valence-corrected chi connectivity index (χ2v) is 6.74. The standard InChI is InChI=1S/C21H20N2O4/c1-3-4-5-6-7-15(25)21-23-14-9-10-16-18-13(22-20(26-16)12(2)24)8-11-17(27-21)19(14)18/h8-11H,3-7H2,1-2H3. The minimum absolute atomic E-state index is 0.0636. The van der Waals surface area contributed by atoms with Gasteiger partial charge in [0.2, 0.25) is 11.6 Å². The molecule has 0 atom stereocenters. The summed E-state index contributed by atoms with van der Waals surface area (Å²) >= 11 is 0. The number of carbonyl (C=O) groups excluding carboxylic acids is 2. The molecule has 0 radical (unpaired) electrons. The van der Waals surface area contributed by atoms with Crippen molar-refractivity contribution in [3.05, 3.63) is 24.3 Å². The molecule has 0 spiro atoms. The Morgan fingerprint density at radius 3 is 2.04 bits per heavy atom. The van der Waals surface area contributed by atoms with Crippen LogP contribution in [0.15, 0.2) is 34.3 Å². The largest absolute Gasteiger partial charge is 0.435 e. The van der Waals surface area contributed by atoms with Crippen LogP contribution in [-0.4, -0.2) is 23.4 Å². The van der Waals surface area contributed by atoms with Gasteiger partial charge in [0.25, 0.3) is 11.8 Å². The van der Waals surface area contributed by atoms with E-state index in [2.05, 4.69) is 16.9 Å². The van der Waals surface area contributed by atoms with Gasteiger partial charge in [0.1, 0.15) is 11.5 Å². The first kappa shape index (κ1) is 17.4. The Bertz CT molecular complexity index is 1020. The number of carbonyl (C=O) groups is 2. The van der Waals surface area contributed by atoms with Crippen LogP contribution >= 0.6 is 0 Å². The molecule has 2 aliphatic rings. The van der Waals surface area contributed by atoms with Gasteiger partial charge in [0, 0.05) is 13.3 Å². The van der Waals surface area contributed by atoms with E-state index in [0.717, 1.165) is 36.5 Å². The minimum Gasteiger partial charge on any atom is -0.435 e. The van der Waals surface area contributed by atoms with E-state index in [9.17, 15) is 9.59 Å². The van der Waals surface area contributed by atoms with Gasteiger partial charge in [-0.15, -0.1) is 0 Å². The van der Waals surface area contributed by atoms with Crippen molar-refractivity contribution in [2.24, 2.45) is 9.98 Å². The normalized spacial score (nSPS) is 14.1. The second kappa shape index (κ2) is 6.95. The molecule has 0 aliphatic carbocycles. The van der Waals surface area contributed by atoms with E-state index in [0.29, 0.717) is 29.3 Å². The summed E-state index contributed by atoms with van der Waals surface area (Å²) < 4.78 is 11.4. The zero-order chi connectivity index (χ0) is 19.0. The molecule has 0 saturated heterocycles. The average Bonchev–Trinajstić information content (AvgIpc) is 2.68. The lowest BCUT2D eigenvalue weighted by Gasteiger charge is -2.22. The van der Waals surface area contributed by atoms with E-state index in [1.54, 1.807) is 24.3 Å². The summed E-state index contributed by atoms with van der Waals surface area (Å²) in [4.78, 5) is 32.8. The van der Waals surface area contributed by atoms with Gasteiger partial charge in [-0.2, -0.15) is 0 Å². The number of benzene rings is 2. The lowest BCUT2D eigenvalue weighted by Crippen LogP contribution is -2.23. The van der Waals surface area contributed by atoms with Gasteiger partial charge >= 0.3 is 0 Å². The van der Waals surface area contributed by atoms with E-state index in [-0.39, 0.29) is 23.4 Å². The molecule has 0 bridgehead atoms. The third-order valence-corrected chi connectivity index (χ3v) is 4.69. The fraction of sp³-hybridized carbons (Fsp3) is 0.333. The summed E-state index contributed by atoms with van der Waals surface area (Å²) in [5, 5.41) is 1.49. The first-order chi connectivity index (χ1) is 13.1. The molecule has 2 heterocycles. The van der Waals surface area contributed by atoms with Gasteiger partial charge in [-0.25, -0.2) is 9.98 Å². The highest BCUT2D eigenvalue weighted by molar-refractivity contribution is 6.39. The van der Waals surface area contributed by atoms with Gasteiger partial charge in [-0.3, -0.25) is 9.59 Å². The van der Waals surface area contributed by atoms with E-state index >= 15 is 0 Å². The number of unbranched alkanes of at least 4 members (excludes halogenated alkanes) is 3. The maximum Gasteiger partial charge on any atom is 0.264 e. The van der Waals surface area contributed by atoms with Crippen molar-refractivity contribution >= 4 is 45.5 Å².